The van der Waals surface area contributed by atoms with Gasteiger partial charge in [0.1, 0.15) is 0 Å². The number of aromatic nitrogens is 3. The van der Waals surface area contributed by atoms with Crippen LogP contribution in [0, 0.1) is 0 Å². The summed E-state index contributed by atoms with van der Waals surface area (Å²) in [5.41, 5.74) is -0.122. The molecule has 0 aliphatic heterocycles. The number of ether oxygens (including phenoxy) is 1. The van der Waals surface area contributed by atoms with E-state index >= 15 is 0 Å². The second-order valence-electron chi connectivity index (χ2n) is 1.94. The Hall–Kier alpha value is -0.940. The van der Waals surface area contributed by atoms with Gasteiger partial charge in [0.05, 0.1) is 6.61 Å². The van der Waals surface area contributed by atoms with Crippen molar-refractivity contribution in [3.8, 4) is 0 Å². The van der Waals surface area contributed by atoms with Gasteiger partial charge in [-0.15, -0.1) is 10.2 Å². The second kappa shape index (κ2) is 4.34. The van der Waals surface area contributed by atoms with E-state index < -0.39 is 5.97 Å². The smallest absolute Gasteiger partial charge is 0.360 e. The Bertz CT molecular complexity index is 332. The summed E-state index contributed by atoms with van der Waals surface area (Å²) >= 11 is 10.9. The van der Waals surface area contributed by atoms with Gasteiger partial charge in [0, 0.05) is 0 Å². The predicted molar refractivity (Wildman–Crippen MR) is 45.8 cm³/mol. The number of carbonyl (C=O) groups excluding carboxylic acids is 1. The molecule has 7 heteroatoms. The highest BCUT2D eigenvalue weighted by molar-refractivity contribution is 6.32. The molecule has 0 atom stereocenters. The third kappa shape index (κ3) is 2.50. The zero-order valence-corrected chi connectivity index (χ0v) is 8.13. The minimum Gasteiger partial charge on any atom is -0.461 e. The number of esters is 1. The van der Waals surface area contributed by atoms with Crippen LogP contribution in [0.1, 0.15) is 17.4 Å². The van der Waals surface area contributed by atoms with Crippen molar-refractivity contribution < 1.29 is 9.53 Å². The zero-order valence-electron chi connectivity index (χ0n) is 6.62. The Balaban J connectivity index is 2.99. The molecule has 0 radical (unpaired) electrons. The number of hydrogen-bond acceptors (Lipinski definition) is 5. The first-order valence-electron chi connectivity index (χ1n) is 3.38. The highest BCUT2D eigenvalue weighted by Crippen LogP contribution is 2.11. The van der Waals surface area contributed by atoms with Gasteiger partial charge >= 0.3 is 5.97 Å². The molecule has 1 heterocycles. The first-order valence-corrected chi connectivity index (χ1v) is 4.13. The fourth-order valence-electron chi connectivity index (χ4n) is 0.623. The number of halogens is 2. The minimum atomic E-state index is -0.663. The lowest BCUT2D eigenvalue weighted by Crippen LogP contribution is -2.09. The number of carbonyl (C=O) groups is 1. The second-order valence-corrected chi connectivity index (χ2v) is 2.64. The average Bonchev–Trinajstić information content (AvgIpc) is 2.09. The van der Waals surface area contributed by atoms with Crippen LogP contribution in [-0.4, -0.2) is 27.8 Å². The summed E-state index contributed by atoms with van der Waals surface area (Å²) in [5.74, 6) is -0.663. The third-order valence-electron chi connectivity index (χ3n) is 1.09. The summed E-state index contributed by atoms with van der Waals surface area (Å²) in [5, 5.41) is 6.48. The summed E-state index contributed by atoms with van der Waals surface area (Å²) in [4.78, 5) is 14.7. The minimum absolute atomic E-state index is 0.122. The van der Waals surface area contributed by atoms with Gasteiger partial charge in [0.15, 0.2) is 10.8 Å². The van der Waals surface area contributed by atoms with Crippen molar-refractivity contribution in [2.75, 3.05) is 6.61 Å². The van der Waals surface area contributed by atoms with E-state index in [9.17, 15) is 4.79 Å². The van der Waals surface area contributed by atoms with Gasteiger partial charge in [-0.1, -0.05) is 11.6 Å². The Morgan fingerprint density at radius 3 is 2.77 bits per heavy atom. The molecule has 1 rings (SSSR count). The summed E-state index contributed by atoms with van der Waals surface area (Å²) < 4.78 is 4.65. The molecule has 70 valence electrons. The van der Waals surface area contributed by atoms with Crippen molar-refractivity contribution in [3.05, 3.63) is 16.1 Å². The Kier molecular flexibility index (Phi) is 3.39. The summed E-state index contributed by atoms with van der Waals surface area (Å²) in [7, 11) is 0. The van der Waals surface area contributed by atoms with E-state index in [1.54, 1.807) is 6.92 Å². The van der Waals surface area contributed by atoms with E-state index in [4.69, 9.17) is 23.2 Å². The molecule has 0 fully saturated rings. The van der Waals surface area contributed by atoms with Crippen molar-refractivity contribution >= 4 is 29.2 Å². The molecular weight excluding hydrogens is 217 g/mol. The zero-order chi connectivity index (χ0) is 9.84. The first-order chi connectivity index (χ1) is 6.15. The van der Waals surface area contributed by atoms with Crippen LogP contribution >= 0.6 is 23.2 Å². The Labute approximate surface area is 84.0 Å². The van der Waals surface area contributed by atoms with Crippen LogP contribution in [0.3, 0.4) is 0 Å². The van der Waals surface area contributed by atoms with Gasteiger partial charge in [-0.25, -0.2) is 9.78 Å². The fourth-order valence-corrected chi connectivity index (χ4v) is 0.902. The Morgan fingerprint density at radius 1 is 1.46 bits per heavy atom. The van der Waals surface area contributed by atoms with Gasteiger partial charge in [-0.2, -0.15) is 0 Å². The largest absolute Gasteiger partial charge is 0.461 e. The van der Waals surface area contributed by atoms with E-state index in [2.05, 4.69) is 19.9 Å². The molecule has 0 aliphatic rings. The molecule has 1 aromatic rings. The van der Waals surface area contributed by atoms with Gasteiger partial charge in [0.25, 0.3) is 0 Å². The average molecular weight is 222 g/mol. The molecule has 0 aliphatic carbocycles. The van der Waals surface area contributed by atoms with E-state index in [1.165, 1.54) is 0 Å². The topological polar surface area (TPSA) is 65.0 Å². The normalized spacial score (nSPS) is 9.77. The van der Waals surface area contributed by atoms with Crippen molar-refractivity contribution in [2.45, 2.75) is 6.92 Å². The van der Waals surface area contributed by atoms with Crippen molar-refractivity contribution in [3.63, 3.8) is 0 Å². The molecule has 0 saturated heterocycles. The first kappa shape index (κ1) is 10.1. The van der Waals surface area contributed by atoms with Crippen LogP contribution in [0.2, 0.25) is 10.4 Å². The molecule has 5 nitrogen and oxygen atoms in total. The fraction of sp³-hybridized carbons (Fsp3) is 0.333. The molecule has 13 heavy (non-hydrogen) atoms. The predicted octanol–water partition coefficient (Wildman–Crippen LogP) is 1.36. The maximum Gasteiger partial charge on any atom is 0.360 e. The van der Waals surface area contributed by atoms with Crippen molar-refractivity contribution in [1.82, 2.24) is 15.2 Å². The summed E-state index contributed by atoms with van der Waals surface area (Å²) in [6.45, 7) is 1.90. The van der Waals surface area contributed by atoms with Gasteiger partial charge in [-0.3, -0.25) is 0 Å². The lowest BCUT2D eigenvalue weighted by Gasteiger charge is -2.00. The van der Waals surface area contributed by atoms with E-state index in [0.717, 1.165) is 0 Å². The molecule has 0 N–H and O–H groups in total. The molecule has 0 unspecified atom stereocenters. The molecule has 0 amide bonds. The molecular formula is C6H5Cl2N3O2. The van der Waals surface area contributed by atoms with E-state index in [-0.39, 0.29) is 22.7 Å². The maximum atomic E-state index is 11.1. The number of rotatable bonds is 2. The van der Waals surface area contributed by atoms with Crippen molar-refractivity contribution in [1.29, 1.82) is 0 Å². The Morgan fingerprint density at radius 2 is 2.15 bits per heavy atom. The van der Waals surface area contributed by atoms with Crippen LogP contribution in [0.25, 0.3) is 0 Å². The molecule has 0 aromatic carbocycles. The van der Waals surface area contributed by atoms with Crippen LogP contribution in [0.4, 0.5) is 0 Å². The number of hydrogen-bond donors (Lipinski definition) is 0. The summed E-state index contributed by atoms with van der Waals surface area (Å²) in [6, 6.07) is 0. The summed E-state index contributed by atoms with van der Waals surface area (Å²) in [6.07, 6.45) is 0. The molecule has 0 spiro atoms. The lowest BCUT2D eigenvalue weighted by molar-refractivity contribution is 0.0518. The SMILES string of the molecule is CCOC(=O)c1nc(Cl)nnc1Cl. The van der Waals surface area contributed by atoms with Crippen LogP contribution < -0.4 is 0 Å². The van der Waals surface area contributed by atoms with E-state index in [0.29, 0.717) is 0 Å². The van der Waals surface area contributed by atoms with Crippen LogP contribution in [0.5, 0.6) is 0 Å². The number of nitrogens with zero attached hydrogens (tertiary/aromatic N) is 3. The molecule has 0 saturated carbocycles. The van der Waals surface area contributed by atoms with Crippen LogP contribution in [0.15, 0.2) is 0 Å². The van der Waals surface area contributed by atoms with Gasteiger partial charge in [-0.05, 0) is 18.5 Å². The lowest BCUT2D eigenvalue weighted by atomic mass is 10.5. The quantitative estimate of drug-likeness (QED) is 0.706. The van der Waals surface area contributed by atoms with Crippen molar-refractivity contribution in [2.24, 2.45) is 0 Å². The van der Waals surface area contributed by atoms with Crippen LogP contribution in [-0.2, 0) is 4.74 Å². The van der Waals surface area contributed by atoms with Gasteiger partial charge < -0.3 is 4.74 Å². The highest BCUT2D eigenvalue weighted by Gasteiger charge is 2.15. The highest BCUT2D eigenvalue weighted by atomic mass is 35.5. The van der Waals surface area contributed by atoms with Gasteiger partial charge in [0.2, 0.25) is 5.28 Å². The third-order valence-corrected chi connectivity index (χ3v) is 1.50. The standard InChI is InChI=1S/C6H5Cl2N3O2/c1-2-13-5(12)3-4(7)10-11-6(8)9-3/h2H2,1H3. The maximum absolute atomic E-state index is 11.1. The monoisotopic (exact) mass is 221 g/mol. The molecule has 0 bridgehead atoms. The molecule has 1 aromatic heterocycles. The van der Waals surface area contributed by atoms with E-state index in [1.807, 2.05) is 0 Å².